The van der Waals surface area contributed by atoms with Crippen molar-refractivity contribution in [1.29, 1.82) is 0 Å². The average Bonchev–Trinajstić information content (AvgIpc) is 1.62. The highest BCUT2D eigenvalue weighted by molar-refractivity contribution is 9.10. The molecule has 117 heavy (non-hydrogen) atoms. The lowest BCUT2D eigenvalue weighted by Gasteiger charge is -2.32. The Bertz CT molecular complexity index is 5840. The van der Waals surface area contributed by atoms with Crippen molar-refractivity contribution >= 4 is 132 Å². The van der Waals surface area contributed by atoms with E-state index in [0.717, 1.165) is 43.6 Å². The number of hydrogen-bond donors (Lipinski definition) is 0. The normalized spacial score (nSPS) is 15.6. The van der Waals surface area contributed by atoms with E-state index in [-0.39, 0.29) is 85.4 Å². The van der Waals surface area contributed by atoms with Crippen LogP contribution in [0.3, 0.4) is 0 Å². The van der Waals surface area contributed by atoms with Crippen molar-refractivity contribution < 1.29 is 52.6 Å². The molecule has 1 unspecified atom stereocenters. The average molecular weight is 1810 g/mol. The van der Waals surface area contributed by atoms with Crippen LogP contribution in [-0.2, 0) is 98.8 Å². The van der Waals surface area contributed by atoms with E-state index in [1.54, 1.807) is 151 Å². The molecule has 0 amide bonds. The number of pyridine rings is 3. The monoisotopic (exact) mass is 1810 g/mol. The van der Waals surface area contributed by atoms with Crippen LogP contribution in [0.15, 0.2) is 188 Å². The molecular weight excluding hydrogens is 1710 g/mol. The molecule has 6 aromatic carbocycles. The molecule has 1 fully saturated rings. The van der Waals surface area contributed by atoms with Crippen LogP contribution in [0.2, 0.25) is 15.1 Å². The second-order valence-electron chi connectivity index (χ2n) is 32.4. The standard InChI is InChI=1S/C29H34ClNO5S2.C24H23ClN2O3S.C22H26BClO5S.C13H20BrNO2S/c1-7-38(35,36)18-20-8-13-23(28(33)21-9-11-22(30)12-10-21)25(14-20)26-16-31(6)27(32)15-24(26)19(2)17-37(34)29(3,4)5;1-4-31(29,30)14-16-5-10-19-21(11-16)22-13-27(3)23(28)12-20(22)15(2)26-24(19)17-6-8-18(25)9-7-17;1-6-30(26,27)14-15-7-12-18(20(25)16-8-10-17(24)11-9-16)19(13-15)23-28-21(2,3)22(4,5)29-23;1-9(8-18(17)13(2,3)4)10-6-12(16)15(5)7-11(10)14/h8-16,19H,7,17-18H2,1-6H3;5-13,15H,4,14H2,1-3H3;7-13H,6,14H2,1-5H3;6-7,9H,8H2,1-5H3/t19-,37-;15-;;9?,18-/m10.1/s1. The van der Waals surface area contributed by atoms with Crippen molar-refractivity contribution in [2.75, 3.05) is 28.8 Å². The van der Waals surface area contributed by atoms with Crippen LogP contribution in [0.1, 0.15) is 205 Å². The van der Waals surface area contributed by atoms with Crippen LogP contribution in [0.25, 0.3) is 22.3 Å². The molecule has 0 radical (unpaired) electrons. The lowest BCUT2D eigenvalue weighted by molar-refractivity contribution is 0.00578. The van der Waals surface area contributed by atoms with Gasteiger partial charge in [-0.3, -0.25) is 37.4 Å². The molecule has 0 spiro atoms. The number of aryl methyl sites for hydroxylation is 3. The fourth-order valence-corrected chi connectivity index (χ4v) is 18.8. The third-order valence-electron chi connectivity index (χ3n) is 20.7. The van der Waals surface area contributed by atoms with E-state index < -0.39 is 74.2 Å². The Morgan fingerprint density at radius 3 is 1.33 bits per heavy atom. The molecule has 2 aliphatic heterocycles. The van der Waals surface area contributed by atoms with Crippen LogP contribution in [0.5, 0.6) is 0 Å². The van der Waals surface area contributed by atoms with E-state index in [2.05, 4.69) is 15.9 Å². The third-order valence-corrected chi connectivity index (χ3v) is 31.4. The van der Waals surface area contributed by atoms with E-state index >= 15 is 0 Å². The van der Waals surface area contributed by atoms with Gasteiger partial charge in [0.15, 0.2) is 41.1 Å². The Labute approximate surface area is 717 Å². The summed E-state index contributed by atoms with van der Waals surface area (Å²) in [4.78, 5) is 68.6. The molecule has 0 N–H and O–H groups in total. The molecule has 11 rings (SSSR count). The van der Waals surface area contributed by atoms with Crippen LogP contribution < -0.4 is 22.1 Å². The van der Waals surface area contributed by atoms with Gasteiger partial charge in [0.2, 0.25) is 0 Å². The van der Waals surface area contributed by atoms with Crippen molar-refractivity contribution in [3.63, 3.8) is 0 Å². The highest BCUT2D eigenvalue weighted by Gasteiger charge is 2.53. The molecular formula is C88H103BBrCl3N4O15S5. The smallest absolute Gasteiger partial charge is 0.399 e. The minimum Gasteiger partial charge on any atom is -0.399 e. The first kappa shape index (κ1) is 95.1. The van der Waals surface area contributed by atoms with Gasteiger partial charge in [-0.05, 0) is 227 Å². The SMILES string of the molecule is CC(C[S@@](=O)C(C)(C)C)c1cc(=O)n(C)cc1Br.CCS(=O)(=O)Cc1ccc(C(=O)c2ccc(Cl)cc2)c(-c2cn(C)c(=O)cc2[C@H](C)C[S@@](=O)C(C)(C)C)c1.CCS(=O)(=O)Cc1ccc(C(=O)c2ccc(Cl)cc2)c(B2OC(C)(C)C(C)(C)O2)c1.CCS(=O)(=O)Cc1ccc2c(c1)-c1cn(C)c(=O)cc1[C@H](C)N=C2c1ccc(Cl)cc1. The van der Waals surface area contributed by atoms with Gasteiger partial charge in [-0.1, -0.05) is 124 Å². The molecule has 1 saturated heterocycles. The summed E-state index contributed by atoms with van der Waals surface area (Å²) >= 11 is 21.5. The maximum absolute atomic E-state index is 13.7. The number of hydrogen-bond acceptors (Lipinski definition) is 16. The molecule has 0 saturated carbocycles. The van der Waals surface area contributed by atoms with Gasteiger partial charge < -0.3 is 23.0 Å². The number of carbonyl (C=O) groups excluding carboxylic acids is 2. The van der Waals surface area contributed by atoms with Gasteiger partial charge in [0.25, 0.3) is 16.7 Å². The molecule has 19 nitrogen and oxygen atoms in total. The number of benzene rings is 6. The van der Waals surface area contributed by atoms with Crippen molar-refractivity contribution in [2.45, 2.75) is 167 Å². The largest absolute Gasteiger partial charge is 0.495 e. The molecule has 0 bridgehead atoms. The summed E-state index contributed by atoms with van der Waals surface area (Å²) in [5.74, 6) is 0.0803. The number of sulfone groups is 3. The van der Waals surface area contributed by atoms with Gasteiger partial charge in [0, 0.05) is 182 Å². The fourth-order valence-electron chi connectivity index (χ4n) is 12.7. The number of carbonyl (C=O) groups is 2. The maximum Gasteiger partial charge on any atom is 0.495 e. The molecule has 5 heterocycles. The Morgan fingerprint density at radius 2 is 0.880 bits per heavy atom. The molecule has 2 aliphatic rings. The summed E-state index contributed by atoms with van der Waals surface area (Å²) in [6, 6.07) is 40.9. The minimum atomic E-state index is -3.33. The summed E-state index contributed by atoms with van der Waals surface area (Å²) in [6.45, 7) is 30.1. The van der Waals surface area contributed by atoms with E-state index in [1.165, 1.54) is 19.8 Å². The number of fused-ring (bicyclic) bond motifs is 3. The summed E-state index contributed by atoms with van der Waals surface area (Å²) in [5.41, 5.74) is 10.4. The summed E-state index contributed by atoms with van der Waals surface area (Å²) in [5, 5.41) is 1.68. The molecule has 0 aliphatic carbocycles. The highest BCUT2D eigenvalue weighted by Crippen LogP contribution is 2.41. The Kier molecular flexibility index (Phi) is 31.4. The van der Waals surface area contributed by atoms with Crippen LogP contribution in [0, 0.1) is 0 Å². The molecule has 3 aromatic heterocycles. The lowest BCUT2D eigenvalue weighted by atomic mass is 9.73. The predicted octanol–water partition coefficient (Wildman–Crippen LogP) is 16.7. The topological polar surface area (TPSA) is 268 Å². The van der Waals surface area contributed by atoms with Crippen molar-refractivity contribution in [3.05, 3.63) is 282 Å². The zero-order valence-electron chi connectivity index (χ0n) is 69.5. The number of aliphatic imine (C=N–C) groups is 1. The van der Waals surface area contributed by atoms with Gasteiger partial charge in [0.1, 0.15) is 0 Å². The van der Waals surface area contributed by atoms with E-state index in [4.69, 9.17) is 49.1 Å². The van der Waals surface area contributed by atoms with Gasteiger partial charge in [0.05, 0.1) is 40.2 Å². The van der Waals surface area contributed by atoms with Gasteiger partial charge in [-0.2, -0.15) is 0 Å². The minimum absolute atomic E-state index is 0.00543. The summed E-state index contributed by atoms with van der Waals surface area (Å²) in [7, 11) is -7.57. The van der Waals surface area contributed by atoms with E-state index in [9.17, 15) is 57.6 Å². The van der Waals surface area contributed by atoms with Gasteiger partial charge in [-0.25, -0.2) is 25.3 Å². The molecule has 5 atom stereocenters. The summed E-state index contributed by atoms with van der Waals surface area (Å²) < 4.78 is 116. The van der Waals surface area contributed by atoms with E-state index in [1.807, 2.05) is 139 Å². The zero-order chi connectivity index (χ0) is 87.2. The summed E-state index contributed by atoms with van der Waals surface area (Å²) in [6.07, 6.45) is 5.24. The van der Waals surface area contributed by atoms with Crippen LogP contribution in [-0.4, -0.2) is 121 Å². The van der Waals surface area contributed by atoms with Crippen molar-refractivity contribution in [1.82, 2.24) is 13.7 Å². The number of ketones is 2. The Hall–Kier alpha value is -7.34. The second kappa shape index (κ2) is 38.6. The predicted molar refractivity (Wildman–Crippen MR) is 483 cm³/mol. The first-order valence-corrected chi connectivity index (χ1v) is 48.2. The highest BCUT2D eigenvalue weighted by atomic mass is 79.9. The van der Waals surface area contributed by atoms with Crippen LogP contribution >= 0.6 is 50.7 Å². The number of halogens is 4. The lowest BCUT2D eigenvalue weighted by Crippen LogP contribution is -2.41. The first-order valence-electron chi connectivity index (χ1n) is 38.1. The van der Waals surface area contributed by atoms with Crippen molar-refractivity contribution in [2.24, 2.45) is 26.1 Å². The number of aromatic nitrogens is 3. The molecule has 626 valence electrons. The molecule has 9 aromatic rings. The second-order valence-corrected chi connectivity index (χ2v) is 46.1. The van der Waals surface area contributed by atoms with Gasteiger partial charge in [-0.15, -0.1) is 0 Å². The molecule has 29 heteroatoms. The van der Waals surface area contributed by atoms with Crippen LogP contribution in [0.4, 0.5) is 0 Å². The number of rotatable bonds is 22. The first-order chi connectivity index (χ1) is 54.3. The third kappa shape index (κ3) is 24.5. The fraction of sp³-hybridized carbons (Fsp3) is 0.386. The Morgan fingerprint density at radius 1 is 0.504 bits per heavy atom. The number of nitrogens with zero attached hydrogens (tertiary/aromatic N) is 4. The zero-order valence-corrected chi connectivity index (χ0v) is 77.5. The Balaban J connectivity index is 0.000000200. The maximum atomic E-state index is 13.7. The van der Waals surface area contributed by atoms with Crippen molar-refractivity contribution in [3.8, 4) is 22.3 Å². The quantitative estimate of drug-likeness (QED) is 0.0451. The van der Waals surface area contributed by atoms with E-state index in [0.29, 0.717) is 87.7 Å². The van der Waals surface area contributed by atoms with Gasteiger partial charge >= 0.3 is 7.12 Å².